The maximum Gasteiger partial charge on any atom is 0.471 e. The molecule has 15 heavy (non-hydrogen) atoms. The summed E-state index contributed by atoms with van der Waals surface area (Å²) in [6.07, 6.45) is -3.02. The lowest BCUT2D eigenvalue weighted by Crippen LogP contribution is -2.48. The molecule has 1 heterocycles. The predicted octanol–water partition coefficient (Wildman–Crippen LogP) is 1.05. The van der Waals surface area contributed by atoms with Crippen molar-refractivity contribution in [1.29, 1.82) is 0 Å². The van der Waals surface area contributed by atoms with Crippen molar-refractivity contribution in [3.63, 3.8) is 0 Å². The summed E-state index contributed by atoms with van der Waals surface area (Å²) < 4.78 is 35.7. The minimum Gasteiger partial charge on any atom is -0.348 e. The summed E-state index contributed by atoms with van der Waals surface area (Å²) >= 11 is 0. The Balaban J connectivity index is 2.38. The first-order chi connectivity index (χ1) is 6.83. The minimum atomic E-state index is -4.78. The van der Waals surface area contributed by atoms with Crippen LogP contribution in [0.15, 0.2) is 0 Å². The number of hydrogen-bond acceptors (Lipinski definition) is 2. The first-order valence-electron chi connectivity index (χ1n) is 4.89. The van der Waals surface area contributed by atoms with Crippen LogP contribution in [-0.2, 0) is 4.79 Å². The molecule has 1 fully saturated rings. The fourth-order valence-corrected chi connectivity index (χ4v) is 1.66. The summed E-state index contributed by atoms with van der Waals surface area (Å²) in [5, 5.41) is 5.03. The Morgan fingerprint density at radius 1 is 1.53 bits per heavy atom. The Labute approximate surface area is 86.4 Å². The molecule has 1 rings (SSSR count). The van der Waals surface area contributed by atoms with Crippen molar-refractivity contribution >= 4 is 5.91 Å². The molecular formula is C9H15F3N2O. The molecule has 1 aliphatic heterocycles. The van der Waals surface area contributed by atoms with Crippen molar-refractivity contribution in [2.75, 3.05) is 19.6 Å². The van der Waals surface area contributed by atoms with E-state index in [0.717, 1.165) is 19.4 Å². The molecule has 1 aliphatic rings. The molecule has 0 radical (unpaired) electrons. The fraction of sp³-hybridized carbons (Fsp3) is 0.889. The first kappa shape index (κ1) is 12.3. The van der Waals surface area contributed by atoms with Crippen LogP contribution in [0.2, 0.25) is 0 Å². The Hall–Kier alpha value is -0.780. The minimum absolute atomic E-state index is 0.0678. The maximum atomic E-state index is 11.9. The Morgan fingerprint density at radius 2 is 2.20 bits per heavy atom. The van der Waals surface area contributed by atoms with E-state index in [9.17, 15) is 18.0 Å². The highest BCUT2D eigenvalue weighted by molar-refractivity contribution is 5.81. The van der Waals surface area contributed by atoms with Crippen LogP contribution in [0.4, 0.5) is 13.2 Å². The van der Waals surface area contributed by atoms with E-state index in [4.69, 9.17) is 0 Å². The monoisotopic (exact) mass is 224 g/mol. The number of carbonyl (C=O) groups is 1. The average molecular weight is 224 g/mol. The van der Waals surface area contributed by atoms with E-state index in [2.05, 4.69) is 5.32 Å². The predicted molar refractivity (Wildman–Crippen MR) is 49.3 cm³/mol. The zero-order valence-electron chi connectivity index (χ0n) is 8.58. The largest absolute Gasteiger partial charge is 0.471 e. The highest BCUT2D eigenvalue weighted by Gasteiger charge is 2.39. The van der Waals surface area contributed by atoms with Gasteiger partial charge in [-0.2, -0.15) is 13.2 Å². The number of halogens is 3. The SMILES string of the molecule is CC1(CNC(=O)C(F)(F)F)CCCNC1. The smallest absolute Gasteiger partial charge is 0.348 e. The van der Waals surface area contributed by atoms with E-state index >= 15 is 0 Å². The van der Waals surface area contributed by atoms with Crippen LogP contribution < -0.4 is 10.6 Å². The summed E-state index contributed by atoms with van der Waals surface area (Å²) in [5.74, 6) is -1.85. The van der Waals surface area contributed by atoms with Gasteiger partial charge in [0.2, 0.25) is 0 Å². The molecule has 1 saturated heterocycles. The van der Waals surface area contributed by atoms with Crippen molar-refractivity contribution in [2.45, 2.75) is 25.9 Å². The lowest BCUT2D eigenvalue weighted by atomic mass is 9.83. The number of nitrogens with one attached hydrogen (secondary N) is 2. The van der Waals surface area contributed by atoms with Gasteiger partial charge in [-0.25, -0.2) is 0 Å². The van der Waals surface area contributed by atoms with E-state index in [1.165, 1.54) is 0 Å². The van der Waals surface area contributed by atoms with Gasteiger partial charge in [0.05, 0.1) is 0 Å². The molecule has 3 nitrogen and oxygen atoms in total. The van der Waals surface area contributed by atoms with Crippen LogP contribution in [0.3, 0.4) is 0 Å². The van der Waals surface area contributed by atoms with E-state index in [0.29, 0.717) is 6.54 Å². The van der Waals surface area contributed by atoms with E-state index in [1.807, 2.05) is 12.2 Å². The van der Waals surface area contributed by atoms with Gasteiger partial charge in [0, 0.05) is 13.1 Å². The van der Waals surface area contributed by atoms with Crippen LogP contribution in [0.25, 0.3) is 0 Å². The van der Waals surface area contributed by atoms with Gasteiger partial charge < -0.3 is 10.6 Å². The molecule has 0 bridgehead atoms. The summed E-state index contributed by atoms with van der Waals surface area (Å²) in [6.45, 7) is 3.47. The van der Waals surface area contributed by atoms with Gasteiger partial charge in [-0.05, 0) is 24.8 Å². The van der Waals surface area contributed by atoms with Crippen LogP contribution in [-0.4, -0.2) is 31.7 Å². The zero-order valence-corrected chi connectivity index (χ0v) is 8.58. The Morgan fingerprint density at radius 3 is 2.67 bits per heavy atom. The third-order valence-corrected chi connectivity index (χ3v) is 2.62. The topological polar surface area (TPSA) is 41.1 Å². The molecule has 0 aromatic carbocycles. The van der Waals surface area contributed by atoms with E-state index < -0.39 is 12.1 Å². The first-order valence-corrected chi connectivity index (χ1v) is 4.89. The lowest BCUT2D eigenvalue weighted by molar-refractivity contribution is -0.174. The third-order valence-electron chi connectivity index (χ3n) is 2.62. The number of rotatable bonds is 2. The van der Waals surface area contributed by atoms with Gasteiger partial charge in [0.15, 0.2) is 0 Å². The molecular weight excluding hydrogens is 209 g/mol. The highest BCUT2D eigenvalue weighted by atomic mass is 19.4. The molecule has 0 aromatic heterocycles. The van der Waals surface area contributed by atoms with Crippen LogP contribution in [0.1, 0.15) is 19.8 Å². The van der Waals surface area contributed by atoms with Crippen molar-refractivity contribution < 1.29 is 18.0 Å². The Kier molecular flexibility index (Phi) is 3.59. The lowest BCUT2D eigenvalue weighted by Gasteiger charge is -2.34. The second kappa shape index (κ2) is 4.38. The summed E-state index contributed by atoms with van der Waals surface area (Å²) in [6, 6.07) is 0. The molecule has 0 spiro atoms. The van der Waals surface area contributed by atoms with Gasteiger partial charge in [-0.15, -0.1) is 0 Å². The summed E-state index contributed by atoms with van der Waals surface area (Å²) in [5.41, 5.74) is -0.265. The fourth-order valence-electron chi connectivity index (χ4n) is 1.66. The van der Waals surface area contributed by atoms with Gasteiger partial charge in [0.1, 0.15) is 0 Å². The van der Waals surface area contributed by atoms with Crippen molar-refractivity contribution in [3.8, 4) is 0 Å². The number of piperidine rings is 1. The molecule has 1 unspecified atom stereocenters. The molecule has 88 valence electrons. The molecule has 1 amide bonds. The molecule has 0 saturated carbocycles. The van der Waals surface area contributed by atoms with Crippen molar-refractivity contribution in [2.24, 2.45) is 5.41 Å². The van der Waals surface area contributed by atoms with Gasteiger partial charge >= 0.3 is 12.1 Å². The Bertz CT molecular complexity index is 234. The quantitative estimate of drug-likeness (QED) is 0.736. The van der Waals surface area contributed by atoms with Gasteiger partial charge in [-0.1, -0.05) is 6.92 Å². The molecule has 2 N–H and O–H groups in total. The molecule has 0 aromatic rings. The highest BCUT2D eigenvalue weighted by Crippen LogP contribution is 2.24. The molecule has 1 atom stereocenters. The number of carbonyl (C=O) groups excluding carboxylic acids is 1. The van der Waals surface area contributed by atoms with E-state index in [-0.39, 0.29) is 12.0 Å². The second-order valence-electron chi connectivity index (χ2n) is 4.27. The normalized spacial score (nSPS) is 27.5. The van der Waals surface area contributed by atoms with Gasteiger partial charge in [0.25, 0.3) is 0 Å². The second-order valence-corrected chi connectivity index (χ2v) is 4.27. The van der Waals surface area contributed by atoms with Crippen molar-refractivity contribution in [3.05, 3.63) is 0 Å². The van der Waals surface area contributed by atoms with Gasteiger partial charge in [-0.3, -0.25) is 4.79 Å². The number of alkyl halides is 3. The zero-order chi connectivity index (χ0) is 11.5. The molecule has 6 heteroatoms. The van der Waals surface area contributed by atoms with Crippen molar-refractivity contribution in [1.82, 2.24) is 10.6 Å². The standard InChI is InChI=1S/C9H15F3N2O/c1-8(3-2-4-13-5-8)6-14-7(15)9(10,11)12/h13H,2-6H2,1H3,(H,14,15). The van der Waals surface area contributed by atoms with Crippen LogP contribution >= 0.6 is 0 Å². The molecule has 0 aliphatic carbocycles. The summed E-state index contributed by atoms with van der Waals surface area (Å²) in [7, 11) is 0. The van der Waals surface area contributed by atoms with Crippen LogP contribution in [0, 0.1) is 5.41 Å². The summed E-state index contributed by atoms with van der Waals surface area (Å²) in [4.78, 5) is 10.6. The third kappa shape index (κ3) is 3.70. The van der Waals surface area contributed by atoms with Crippen LogP contribution in [0.5, 0.6) is 0 Å². The number of amides is 1. The van der Waals surface area contributed by atoms with E-state index in [1.54, 1.807) is 0 Å². The maximum absolute atomic E-state index is 11.9. The number of hydrogen-bond donors (Lipinski definition) is 2. The average Bonchev–Trinajstić information content (AvgIpc) is 2.14.